The molecule has 1 heterocycles. The number of hydrogen-bond donors (Lipinski definition) is 1. The zero-order valence-electron chi connectivity index (χ0n) is 19.1. The summed E-state index contributed by atoms with van der Waals surface area (Å²) in [5.74, 6) is -1.08. The van der Waals surface area contributed by atoms with E-state index in [1.54, 1.807) is 6.92 Å². The van der Waals surface area contributed by atoms with Crippen molar-refractivity contribution in [2.45, 2.75) is 51.7 Å². The Kier molecular flexibility index (Phi) is 8.73. The minimum atomic E-state index is -3.83. The van der Waals surface area contributed by atoms with Gasteiger partial charge in [-0.05, 0) is 61.7 Å². The van der Waals surface area contributed by atoms with Gasteiger partial charge in [-0.1, -0.05) is 49.2 Å². The molecule has 2 aromatic carbocycles. The van der Waals surface area contributed by atoms with Crippen molar-refractivity contribution in [1.82, 2.24) is 10.2 Å². The Bertz CT molecular complexity index is 1070. The van der Waals surface area contributed by atoms with Gasteiger partial charge in [0.1, 0.15) is 11.9 Å². The van der Waals surface area contributed by atoms with Gasteiger partial charge in [-0.3, -0.25) is 14.0 Å². The molecule has 1 saturated heterocycles. The Morgan fingerprint density at radius 1 is 1.15 bits per heavy atom. The molecule has 1 aliphatic heterocycles. The van der Waals surface area contributed by atoms with E-state index in [9.17, 15) is 17.6 Å². The van der Waals surface area contributed by atoms with Crippen LogP contribution in [0.2, 0.25) is 5.02 Å². The summed E-state index contributed by atoms with van der Waals surface area (Å²) < 4.78 is 39.8. The van der Waals surface area contributed by atoms with Crippen LogP contribution in [0.5, 0.6) is 0 Å². The number of piperidine rings is 1. The second kappa shape index (κ2) is 11.3. The number of nitrogens with one attached hydrogen (secondary N) is 1. The molecular formula is C24H31ClFN3O3S. The second-order valence-electron chi connectivity index (χ2n) is 8.40. The van der Waals surface area contributed by atoms with Gasteiger partial charge in [0, 0.05) is 13.1 Å². The van der Waals surface area contributed by atoms with Crippen molar-refractivity contribution in [3.63, 3.8) is 0 Å². The molecule has 1 N–H and O–H groups in total. The van der Waals surface area contributed by atoms with Crippen molar-refractivity contribution in [2.75, 3.05) is 23.7 Å². The van der Waals surface area contributed by atoms with Gasteiger partial charge in [0.2, 0.25) is 15.9 Å². The van der Waals surface area contributed by atoms with Gasteiger partial charge in [0.25, 0.3) is 0 Å². The number of benzene rings is 2. The third-order valence-electron chi connectivity index (χ3n) is 5.90. The normalized spacial score (nSPS) is 15.8. The molecule has 3 rings (SSSR count). The molecular weight excluding hydrogens is 465 g/mol. The van der Waals surface area contributed by atoms with Crippen LogP contribution < -0.4 is 9.62 Å². The molecule has 9 heteroatoms. The summed E-state index contributed by atoms with van der Waals surface area (Å²) in [4.78, 5) is 15.5. The number of carbonyl (C=O) groups is 1. The van der Waals surface area contributed by atoms with E-state index in [0.717, 1.165) is 47.4 Å². The Morgan fingerprint density at radius 3 is 2.42 bits per heavy atom. The first-order valence-electron chi connectivity index (χ1n) is 11.2. The SMILES string of the molecule is CCC(C(=O)NCc1ccccc1CN1CCCCC1)N(c1ccc(F)c(Cl)c1)S(C)(=O)=O. The van der Waals surface area contributed by atoms with Crippen molar-refractivity contribution in [3.05, 3.63) is 64.4 Å². The molecule has 0 saturated carbocycles. The molecule has 6 nitrogen and oxygen atoms in total. The largest absolute Gasteiger partial charge is 0.350 e. The van der Waals surface area contributed by atoms with Gasteiger partial charge in [-0.25, -0.2) is 12.8 Å². The van der Waals surface area contributed by atoms with Crippen molar-refractivity contribution in [1.29, 1.82) is 0 Å². The number of carbonyl (C=O) groups excluding carboxylic acids is 1. The molecule has 1 aliphatic rings. The Balaban J connectivity index is 1.77. The molecule has 1 atom stereocenters. The first-order valence-corrected chi connectivity index (χ1v) is 13.4. The van der Waals surface area contributed by atoms with Gasteiger partial charge in [-0.2, -0.15) is 0 Å². The topological polar surface area (TPSA) is 69.7 Å². The van der Waals surface area contributed by atoms with E-state index in [1.807, 2.05) is 18.2 Å². The van der Waals surface area contributed by atoms with Crippen LogP contribution in [-0.4, -0.2) is 44.6 Å². The molecule has 0 aliphatic carbocycles. The maximum absolute atomic E-state index is 13.6. The lowest BCUT2D eigenvalue weighted by molar-refractivity contribution is -0.122. The lowest BCUT2D eigenvalue weighted by Crippen LogP contribution is -2.49. The van der Waals surface area contributed by atoms with Crippen LogP contribution in [0, 0.1) is 5.82 Å². The zero-order chi connectivity index (χ0) is 24.0. The third kappa shape index (κ3) is 6.68. The van der Waals surface area contributed by atoms with Crippen molar-refractivity contribution in [2.24, 2.45) is 0 Å². The van der Waals surface area contributed by atoms with E-state index in [4.69, 9.17) is 11.6 Å². The monoisotopic (exact) mass is 495 g/mol. The first kappa shape index (κ1) is 25.5. The number of likely N-dealkylation sites (tertiary alicyclic amines) is 1. The van der Waals surface area contributed by atoms with Crippen LogP contribution in [0.1, 0.15) is 43.7 Å². The van der Waals surface area contributed by atoms with Crippen LogP contribution in [0.3, 0.4) is 0 Å². The van der Waals surface area contributed by atoms with E-state index in [1.165, 1.54) is 31.4 Å². The highest BCUT2D eigenvalue weighted by atomic mass is 35.5. The average Bonchev–Trinajstić information content (AvgIpc) is 2.78. The Morgan fingerprint density at radius 2 is 1.82 bits per heavy atom. The number of amides is 1. The molecule has 2 aromatic rings. The number of rotatable bonds is 9. The summed E-state index contributed by atoms with van der Waals surface area (Å²) in [6.45, 7) is 5.00. The van der Waals surface area contributed by atoms with E-state index >= 15 is 0 Å². The molecule has 0 aromatic heterocycles. The summed E-state index contributed by atoms with van der Waals surface area (Å²) in [5.41, 5.74) is 2.30. The van der Waals surface area contributed by atoms with Crippen molar-refractivity contribution < 1.29 is 17.6 Å². The summed E-state index contributed by atoms with van der Waals surface area (Å²) in [6.07, 6.45) is 4.93. The smallest absolute Gasteiger partial charge is 0.244 e. The van der Waals surface area contributed by atoms with Crippen LogP contribution in [0.15, 0.2) is 42.5 Å². The summed E-state index contributed by atoms with van der Waals surface area (Å²) in [7, 11) is -3.83. The Labute approximate surface area is 200 Å². The highest BCUT2D eigenvalue weighted by Crippen LogP contribution is 2.27. The van der Waals surface area contributed by atoms with Gasteiger partial charge in [0.15, 0.2) is 0 Å². The van der Waals surface area contributed by atoms with Gasteiger partial charge in [0.05, 0.1) is 17.0 Å². The second-order valence-corrected chi connectivity index (χ2v) is 10.7. The molecule has 1 unspecified atom stereocenters. The number of hydrogen-bond acceptors (Lipinski definition) is 4. The predicted octanol–water partition coefficient (Wildman–Crippen LogP) is 4.33. The lowest BCUT2D eigenvalue weighted by atomic mass is 10.0. The summed E-state index contributed by atoms with van der Waals surface area (Å²) in [5, 5.41) is 2.70. The van der Waals surface area contributed by atoms with Gasteiger partial charge in [-0.15, -0.1) is 0 Å². The van der Waals surface area contributed by atoms with E-state index in [2.05, 4.69) is 16.3 Å². The fourth-order valence-electron chi connectivity index (χ4n) is 4.23. The number of halogens is 2. The molecule has 1 fully saturated rings. The molecule has 0 spiro atoms. The van der Waals surface area contributed by atoms with Crippen molar-refractivity contribution in [3.8, 4) is 0 Å². The van der Waals surface area contributed by atoms with Gasteiger partial charge >= 0.3 is 0 Å². The standard InChI is InChI=1S/C24H31ClFN3O3S/c1-3-23(29(33(2,31)32)20-11-12-22(26)21(25)15-20)24(30)27-16-18-9-5-6-10-19(18)17-28-13-7-4-8-14-28/h5-6,9-12,15,23H,3-4,7-8,13-14,16-17H2,1-2H3,(H,27,30). The quantitative estimate of drug-likeness (QED) is 0.562. The summed E-state index contributed by atoms with van der Waals surface area (Å²) in [6, 6.07) is 10.6. The van der Waals surface area contributed by atoms with Crippen LogP contribution >= 0.6 is 11.6 Å². The highest BCUT2D eigenvalue weighted by Gasteiger charge is 2.32. The lowest BCUT2D eigenvalue weighted by Gasteiger charge is -2.30. The number of nitrogens with zero attached hydrogens (tertiary/aromatic N) is 2. The fourth-order valence-corrected chi connectivity index (χ4v) is 5.60. The molecule has 0 bridgehead atoms. The van der Waals surface area contributed by atoms with Crippen LogP contribution in [0.4, 0.5) is 10.1 Å². The fraction of sp³-hybridized carbons (Fsp3) is 0.458. The van der Waals surface area contributed by atoms with Gasteiger partial charge < -0.3 is 5.32 Å². The zero-order valence-corrected chi connectivity index (χ0v) is 20.6. The average molecular weight is 496 g/mol. The maximum atomic E-state index is 13.6. The minimum Gasteiger partial charge on any atom is -0.350 e. The van der Waals surface area contributed by atoms with E-state index in [0.29, 0.717) is 6.54 Å². The highest BCUT2D eigenvalue weighted by molar-refractivity contribution is 7.92. The maximum Gasteiger partial charge on any atom is 0.244 e. The third-order valence-corrected chi connectivity index (χ3v) is 7.37. The van der Waals surface area contributed by atoms with Crippen LogP contribution in [0.25, 0.3) is 0 Å². The minimum absolute atomic E-state index is 0.149. The molecule has 33 heavy (non-hydrogen) atoms. The predicted molar refractivity (Wildman–Crippen MR) is 130 cm³/mol. The molecule has 0 radical (unpaired) electrons. The first-order chi connectivity index (χ1) is 15.7. The molecule has 180 valence electrons. The van der Waals surface area contributed by atoms with E-state index in [-0.39, 0.29) is 17.1 Å². The van der Waals surface area contributed by atoms with Crippen LogP contribution in [-0.2, 0) is 27.9 Å². The molecule has 1 amide bonds. The summed E-state index contributed by atoms with van der Waals surface area (Å²) >= 11 is 5.87. The number of sulfonamides is 1. The number of anilines is 1. The van der Waals surface area contributed by atoms with E-state index < -0.39 is 27.8 Å². The van der Waals surface area contributed by atoms with Crippen molar-refractivity contribution >= 4 is 33.2 Å². The Hall–Kier alpha value is -2.16.